The molecule has 0 bridgehead atoms. The lowest BCUT2D eigenvalue weighted by Crippen LogP contribution is -2.44. The average molecular weight is 263 g/mol. The van der Waals surface area contributed by atoms with Crippen molar-refractivity contribution in [3.8, 4) is 0 Å². The molecule has 0 N–H and O–H groups in total. The second kappa shape index (κ2) is 5.43. The van der Waals surface area contributed by atoms with Gasteiger partial charge in [0.15, 0.2) is 5.82 Å². The van der Waals surface area contributed by atoms with Crippen LogP contribution in [-0.2, 0) is 9.47 Å². The van der Waals surface area contributed by atoms with Crippen molar-refractivity contribution in [3.05, 3.63) is 17.8 Å². The Morgan fingerprint density at radius 2 is 2.21 bits per heavy atom. The van der Waals surface area contributed by atoms with Crippen LogP contribution in [0.25, 0.3) is 0 Å². The largest absolute Gasteiger partial charge is 0.382 e. The van der Waals surface area contributed by atoms with E-state index in [0.717, 1.165) is 37.3 Å². The Labute approximate surface area is 113 Å². The van der Waals surface area contributed by atoms with E-state index in [2.05, 4.69) is 21.2 Å². The number of aromatic nitrogens is 2. The Morgan fingerprint density at radius 3 is 2.95 bits per heavy atom. The third-order valence-corrected chi connectivity index (χ3v) is 4.07. The van der Waals surface area contributed by atoms with Gasteiger partial charge >= 0.3 is 0 Å². The number of methoxy groups -OCH3 is 1. The van der Waals surface area contributed by atoms with Gasteiger partial charge in [-0.25, -0.2) is 0 Å². The van der Waals surface area contributed by atoms with Crippen molar-refractivity contribution in [1.82, 2.24) is 10.2 Å². The number of ether oxygens (including phenoxy) is 2. The fourth-order valence-corrected chi connectivity index (χ4v) is 3.14. The molecule has 2 saturated heterocycles. The minimum atomic E-state index is 0.260. The first-order valence-corrected chi connectivity index (χ1v) is 6.99. The molecule has 0 unspecified atom stereocenters. The Hall–Kier alpha value is -1.20. The monoisotopic (exact) mass is 263 g/mol. The first kappa shape index (κ1) is 12.8. The molecule has 3 atom stereocenters. The van der Waals surface area contributed by atoms with Crippen LogP contribution in [0.3, 0.4) is 0 Å². The quantitative estimate of drug-likeness (QED) is 0.828. The molecule has 0 aromatic carbocycles. The van der Waals surface area contributed by atoms with Crippen LogP contribution in [0, 0.1) is 6.92 Å². The third-order valence-electron chi connectivity index (χ3n) is 4.07. The van der Waals surface area contributed by atoms with Gasteiger partial charge in [0.1, 0.15) is 0 Å². The Balaban J connectivity index is 1.69. The lowest BCUT2D eigenvalue weighted by Gasteiger charge is -2.36. The molecule has 2 aliphatic rings. The zero-order valence-electron chi connectivity index (χ0n) is 11.6. The lowest BCUT2D eigenvalue weighted by molar-refractivity contribution is -0.0791. The molecular weight excluding hydrogens is 242 g/mol. The molecule has 2 aliphatic heterocycles. The molecular formula is C14H21N3O2. The number of nitrogens with zero attached hydrogens (tertiary/aromatic N) is 3. The highest BCUT2D eigenvalue weighted by atomic mass is 16.5. The van der Waals surface area contributed by atoms with E-state index in [4.69, 9.17) is 9.47 Å². The third kappa shape index (κ3) is 2.58. The van der Waals surface area contributed by atoms with Crippen molar-refractivity contribution in [3.63, 3.8) is 0 Å². The van der Waals surface area contributed by atoms with E-state index in [1.54, 1.807) is 7.11 Å². The molecule has 1 aromatic heterocycles. The number of hydrogen-bond donors (Lipinski definition) is 0. The van der Waals surface area contributed by atoms with Gasteiger partial charge in [-0.1, -0.05) is 0 Å². The molecule has 2 fully saturated rings. The van der Waals surface area contributed by atoms with Crippen LogP contribution in [-0.4, -0.2) is 48.7 Å². The van der Waals surface area contributed by atoms with Crippen molar-refractivity contribution in [1.29, 1.82) is 0 Å². The zero-order chi connectivity index (χ0) is 13.2. The summed E-state index contributed by atoms with van der Waals surface area (Å²) in [7, 11) is 1.73. The van der Waals surface area contributed by atoms with Gasteiger partial charge in [0, 0.05) is 13.7 Å². The van der Waals surface area contributed by atoms with Crippen LogP contribution >= 0.6 is 0 Å². The molecule has 0 saturated carbocycles. The van der Waals surface area contributed by atoms with Gasteiger partial charge in [-0.2, -0.15) is 5.10 Å². The molecule has 5 nitrogen and oxygen atoms in total. The molecule has 5 heteroatoms. The minimum Gasteiger partial charge on any atom is -0.382 e. The maximum absolute atomic E-state index is 6.11. The van der Waals surface area contributed by atoms with Crippen LogP contribution in [0.1, 0.15) is 25.0 Å². The van der Waals surface area contributed by atoms with Crippen molar-refractivity contribution < 1.29 is 9.47 Å². The number of anilines is 1. The van der Waals surface area contributed by atoms with E-state index in [9.17, 15) is 0 Å². The average Bonchev–Trinajstić information content (AvgIpc) is 2.83. The standard InChI is InChI=1S/C14H21N3O2/c1-10-3-6-14(16-15-10)17-8-7-13-12(17)5-4-11(19-13)9-18-2/h3,6,11-13H,4-5,7-9H2,1-2H3/t11-,12+,13+/m1/s1. The van der Waals surface area contributed by atoms with Gasteiger partial charge < -0.3 is 14.4 Å². The van der Waals surface area contributed by atoms with Gasteiger partial charge in [-0.3, -0.25) is 0 Å². The predicted octanol–water partition coefficient (Wildman–Crippen LogP) is 1.56. The van der Waals surface area contributed by atoms with E-state index < -0.39 is 0 Å². The van der Waals surface area contributed by atoms with Crippen molar-refractivity contribution in [2.45, 2.75) is 44.4 Å². The first-order valence-electron chi connectivity index (χ1n) is 6.99. The highest BCUT2D eigenvalue weighted by Crippen LogP contribution is 2.33. The van der Waals surface area contributed by atoms with Crippen molar-refractivity contribution in [2.24, 2.45) is 0 Å². The summed E-state index contributed by atoms with van der Waals surface area (Å²) < 4.78 is 11.3. The van der Waals surface area contributed by atoms with Crippen LogP contribution in [0.15, 0.2) is 12.1 Å². The summed E-state index contributed by atoms with van der Waals surface area (Å²) in [6.45, 7) is 3.67. The Morgan fingerprint density at radius 1 is 1.32 bits per heavy atom. The van der Waals surface area contributed by atoms with Gasteiger partial charge in [-0.15, -0.1) is 5.10 Å². The van der Waals surface area contributed by atoms with Crippen LogP contribution < -0.4 is 4.90 Å². The van der Waals surface area contributed by atoms with Gasteiger partial charge in [0.05, 0.1) is 30.6 Å². The maximum Gasteiger partial charge on any atom is 0.151 e. The zero-order valence-corrected chi connectivity index (χ0v) is 11.6. The summed E-state index contributed by atoms with van der Waals surface area (Å²) in [5, 5.41) is 8.46. The summed E-state index contributed by atoms with van der Waals surface area (Å²) in [6.07, 6.45) is 3.85. The highest BCUT2D eigenvalue weighted by Gasteiger charge is 2.40. The number of hydrogen-bond acceptors (Lipinski definition) is 5. The summed E-state index contributed by atoms with van der Waals surface area (Å²) in [5.41, 5.74) is 0.958. The van der Waals surface area contributed by atoms with E-state index in [-0.39, 0.29) is 6.10 Å². The second-order valence-electron chi connectivity index (χ2n) is 5.41. The molecule has 3 rings (SSSR count). The molecule has 104 valence electrons. The molecule has 19 heavy (non-hydrogen) atoms. The molecule has 0 amide bonds. The Bertz CT molecular complexity index is 423. The maximum atomic E-state index is 6.11. The van der Waals surface area contributed by atoms with Gasteiger partial charge in [0.2, 0.25) is 0 Å². The molecule has 0 radical (unpaired) electrons. The van der Waals surface area contributed by atoms with E-state index >= 15 is 0 Å². The summed E-state index contributed by atoms with van der Waals surface area (Å²) in [6, 6.07) is 4.53. The molecule has 0 aliphatic carbocycles. The summed E-state index contributed by atoms with van der Waals surface area (Å²) in [5.74, 6) is 0.979. The van der Waals surface area contributed by atoms with Crippen LogP contribution in [0.4, 0.5) is 5.82 Å². The fourth-order valence-electron chi connectivity index (χ4n) is 3.14. The number of aryl methyl sites for hydroxylation is 1. The lowest BCUT2D eigenvalue weighted by atomic mass is 9.99. The molecule has 0 spiro atoms. The van der Waals surface area contributed by atoms with Crippen LogP contribution in [0.2, 0.25) is 0 Å². The van der Waals surface area contributed by atoms with Gasteiger partial charge in [-0.05, 0) is 38.3 Å². The van der Waals surface area contributed by atoms with Gasteiger partial charge in [0.25, 0.3) is 0 Å². The first-order chi connectivity index (χ1) is 9.28. The van der Waals surface area contributed by atoms with Crippen molar-refractivity contribution >= 4 is 5.82 Å². The number of rotatable bonds is 3. The van der Waals surface area contributed by atoms with E-state index in [1.165, 1.54) is 0 Å². The smallest absolute Gasteiger partial charge is 0.151 e. The fraction of sp³-hybridized carbons (Fsp3) is 0.714. The second-order valence-corrected chi connectivity index (χ2v) is 5.41. The van der Waals surface area contributed by atoms with Crippen LogP contribution in [0.5, 0.6) is 0 Å². The minimum absolute atomic E-state index is 0.260. The topological polar surface area (TPSA) is 47.5 Å². The predicted molar refractivity (Wildman–Crippen MR) is 72.3 cm³/mol. The highest BCUT2D eigenvalue weighted by molar-refractivity contribution is 5.41. The Kier molecular flexibility index (Phi) is 3.66. The molecule has 1 aromatic rings. The van der Waals surface area contributed by atoms with E-state index in [0.29, 0.717) is 18.8 Å². The summed E-state index contributed by atoms with van der Waals surface area (Å²) in [4.78, 5) is 2.35. The van der Waals surface area contributed by atoms with Crippen molar-refractivity contribution in [2.75, 3.05) is 25.2 Å². The normalized spacial score (nSPS) is 30.4. The summed E-state index contributed by atoms with van der Waals surface area (Å²) >= 11 is 0. The van der Waals surface area contributed by atoms with E-state index in [1.807, 2.05) is 13.0 Å². The SMILES string of the molecule is COC[C@H]1CC[C@H]2[C@H](CCN2c2ccc(C)nn2)O1. The molecule has 3 heterocycles. The number of fused-ring (bicyclic) bond motifs is 1.